The minimum absolute atomic E-state index is 0.00202. The zero-order valence-electron chi connectivity index (χ0n) is 15.7. The molecule has 0 bridgehead atoms. The summed E-state index contributed by atoms with van der Waals surface area (Å²) in [6, 6.07) is 5.97. The van der Waals surface area contributed by atoms with Gasteiger partial charge in [0.05, 0.1) is 13.1 Å². The standard InChI is InChI=1S/C21H27FN2O3/c22-17-6-8-18(9-7-17)24-15-21(27-13-20(24)26)10-3-11-23(14-21)19(25)12-16-4-1-2-5-16/h6-9,16H,1-5,10-15H2. The molecule has 1 spiro atoms. The van der Waals surface area contributed by atoms with Crippen LogP contribution in [0, 0.1) is 11.7 Å². The summed E-state index contributed by atoms with van der Waals surface area (Å²) in [6.07, 6.45) is 7.13. The Labute approximate surface area is 159 Å². The summed E-state index contributed by atoms with van der Waals surface area (Å²) in [5, 5.41) is 0. The summed E-state index contributed by atoms with van der Waals surface area (Å²) in [5.74, 6) is 0.298. The molecular formula is C21H27FN2O3. The van der Waals surface area contributed by atoms with Crippen LogP contribution in [0.4, 0.5) is 10.1 Å². The average molecular weight is 374 g/mol. The van der Waals surface area contributed by atoms with E-state index in [1.165, 1.54) is 25.0 Å². The van der Waals surface area contributed by atoms with Crippen LogP contribution >= 0.6 is 0 Å². The van der Waals surface area contributed by atoms with Gasteiger partial charge in [0.1, 0.15) is 18.0 Å². The van der Waals surface area contributed by atoms with Crippen LogP contribution < -0.4 is 4.90 Å². The van der Waals surface area contributed by atoms with Crippen molar-refractivity contribution in [3.63, 3.8) is 0 Å². The number of nitrogens with zero attached hydrogens (tertiary/aromatic N) is 2. The van der Waals surface area contributed by atoms with E-state index in [0.717, 1.165) is 32.2 Å². The molecule has 146 valence electrons. The van der Waals surface area contributed by atoms with Gasteiger partial charge in [-0.3, -0.25) is 9.59 Å². The smallest absolute Gasteiger partial charge is 0.253 e. The predicted octanol–water partition coefficient (Wildman–Crippen LogP) is 3.13. The van der Waals surface area contributed by atoms with Gasteiger partial charge >= 0.3 is 0 Å². The second-order valence-corrected chi connectivity index (χ2v) is 8.20. The van der Waals surface area contributed by atoms with Gasteiger partial charge in [-0.05, 0) is 55.9 Å². The maximum absolute atomic E-state index is 13.2. The van der Waals surface area contributed by atoms with Crippen LogP contribution in [0.1, 0.15) is 44.9 Å². The number of hydrogen-bond donors (Lipinski definition) is 0. The molecule has 2 heterocycles. The molecule has 2 amide bonds. The lowest BCUT2D eigenvalue weighted by Gasteiger charge is -2.47. The molecule has 1 saturated carbocycles. The van der Waals surface area contributed by atoms with Crippen molar-refractivity contribution in [1.82, 2.24) is 4.90 Å². The highest BCUT2D eigenvalue weighted by Crippen LogP contribution is 2.33. The van der Waals surface area contributed by atoms with E-state index in [1.54, 1.807) is 17.0 Å². The second-order valence-electron chi connectivity index (χ2n) is 8.20. The van der Waals surface area contributed by atoms with Crippen molar-refractivity contribution < 1.29 is 18.7 Å². The zero-order chi connectivity index (χ0) is 18.9. The molecule has 0 radical (unpaired) electrons. The number of piperidine rings is 1. The SMILES string of the molecule is O=C(CC1CCCC1)N1CCCC2(C1)CN(c1ccc(F)cc1)C(=O)CO2. The van der Waals surface area contributed by atoms with E-state index in [4.69, 9.17) is 4.74 Å². The highest BCUT2D eigenvalue weighted by Gasteiger charge is 2.44. The fourth-order valence-electron chi connectivity index (χ4n) is 4.72. The number of anilines is 1. The molecule has 0 aromatic heterocycles. The third-order valence-corrected chi connectivity index (χ3v) is 6.22. The number of carbonyl (C=O) groups is 2. The van der Waals surface area contributed by atoms with Crippen LogP contribution in [0.5, 0.6) is 0 Å². The Morgan fingerprint density at radius 1 is 1.15 bits per heavy atom. The lowest BCUT2D eigenvalue weighted by Crippen LogP contribution is -2.62. The fourth-order valence-corrected chi connectivity index (χ4v) is 4.72. The number of halogens is 1. The summed E-state index contributed by atoms with van der Waals surface area (Å²) >= 11 is 0. The van der Waals surface area contributed by atoms with Crippen LogP contribution in [0.25, 0.3) is 0 Å². The molecular weight excluding hydrogens is 347 g/mol. The van der Waals surface area contributed by atoms with E-state index in [1.807, 2.05) is 4.90 Å². The van der Waals surface area contributed by atoms with Gasteiger partial charge in [-0.15, -0.1) is 0 Å². The van der Waals surface area contributed by atoms with Gasteiger partial charge in [-0.25, -0.2) is 4.39 Å². The number of morpholine rings is 1. The number of likely N-dealkylation sites (tertiary alicyclic amines) is 1. The first-order chi connectivity index (χ1) is 13.0. The van der Waals surface area contributed by atoms with Crippen LogP contribution in [0.2, 0.25) is 0 Å². The molecule has 1 unspecified atom stereocenters. The molecule has 5 nitrogen and oxygen atoms in total. The van der Waals surface area contributed by atoms with Crippen molar-refractivity contribution in [2.45, 2.75) is 50.5 Å². The minimum atomic E-state index is -0.522. The van der Waals surface area contributed by atoms with Gasteiger partial charge in [0.2, 0.25) is 5.91 Å². The quantitative estimate of drug-likeness (QED) is 0.817. The van der Waals surface area contributed by atoms with Gasteiger partial charge in [0, 0.05) is 18.7 Å². The Hall–Kier alpha value is -1.95. The summed E-state index contributed by atoms with van der Waals surface area (Å²) < 4.78 is 19.2. The summed E-state index contributed by atoms with van der Waals surface area (Å²) in [5.41, 5.74) is 0.157. The number of carbonyl (C=O) groups excluding carboxylic acids is 2. The Morgan fingerprint density at radius 2 is 1.89 bits per heavy atom. The van der Waals surface area contributed by atoms with Crippen molar-refractivity contribution in [3.05, 3.63) is 30.1 Å². The lowest BCUT2D eigenvalue weighted by atomic mass is 9.89. The first kappa shape index (κ1) is 18.4. The van der Waals surface area contributed by atoms with E-state index < -0.39 is 5.60 Å². The monoisotopic (exact) mass is 374 g/mol. The molecule has 1 aliphatic carbocycles. The summed E-state index contributed by atoms with van der Waals surface area (Å²) in [7, 11) is 0. The minimum Gasteiger partial charge on any atom is -0.361 e. The molecule has 1 atom stereocenters. The van der Waals surface area contributed by atoms with Gasteiger partial charge in [0.25, 0.3) is 5.91 Å². The fraction of sp³-hybridized carbons (Fsp3) is 0.619. The third kappa shape index (κ3) is 4.00. The molecule has 0 N–H and O–H groups in total. The average Bonchev–Trinajstić information content (AvgIpc) is 3.18. The van der Waals surface area contributed by atoms with E-state index in [2.05, 4.69) is 0 Å². The third-order valence-electron chi connectivity index (χ3n) is 6.22. The molecule has 6 heteroatoms. The zero-order valence-corrected chi connectivity index (χ0v) is 15.7. The van der Waals surface area contributed by atoms with Crippen molar-refractivity contribution in [2.75, 3.05) is 31.1 Å². The van der Waals surface area contributed by atoms with Crippen molar-refractivity contribution in [2.24, 2.45) is 5.92 Å². The Balaban J connectivity index is 1.45. The van der Waals surface area contributed by atoms with Crippen LogP contribution in [0.15, 0.2) is 24.3 Å². The Bertz CT molecular complexity index is 702. The van der Waals surface area contributed by atoms with Crippen molar-refractivity contribution in [1.29, 1.82) is 0 Å². The van der Waals surface area contributed by atoms with Crippen molar-refractivity contribution in [3.8, 4) is 0 Å². The largest absolute Gasteiger partial charge is 0.361 e. The number of rotatable bonds is 3. The summed E-state index contributed by atoms with van der Waals surface area (Å²) in [6.45, 7) is 1.71. The number of hydrogen-bond acceptors (Lipinski definition) is 3. The Kier molecular flexibility index (Phi) is 5.17. The second kappa shape index (κ2) is 7.58. The topological polar surface area (TPSA) is 49.9 Å². The molecule has 3 aliphatic rings. The van der Waals surface area contributed by atoms with E-state index in [0.29, 0.717) is 31.1 Å². The van der Waals surface area contributed by atoms with E-state index >= 15 is 0 Å². The number of amides is 2. The Morgan fingerprint density at radius 3 is 2.63 bits per heavy atom. The predicted molar refractivity (Wildman–Crippen MR) is 99.8 cm³/mol. The molecule has 3 fully saturated rings. The molecule has 4 rings (SSSR count). The van der Waals surface area contributed by atoms with Gasteiger partial charge in [0.15, 0.2) is 0 Å². The molecule has 1 aromatic carbocycles. The highest BCUT2D eigenvalue weighted by molar-refractivity contribution is 5.95. The van der Waals surface area contributed by atoms with Gasteiger partial charge < -0.3 is 14.5 Å². The maximum Gasteiger partial charge on any atom is 0.253 e. The van der Waals surface area contributed by atoms with Crippen LogP contribution in [-0.2, 0) is 14.3 Å². The highest BCUT2D eigenvalue weighted by atomic mass is 19.1. The van der Waals surface area contributed by atoms with Crippen LogP contribution in [0.3, 0.4) is 0 Å². The molecule has 2 aliphatic heterocycles. The maximum atomic E-state index is 13.2. The summed E-state index contributed by atoms with van der Waals surface area (Å²) in [4.78, 5) is 28.8. The molecule has 27 heavy (non-hydrogen) atoms. The first-order valence-electron chi connectivity index (χ1n) is 10.0. The van der Waals surface area contributed by atoms with Crippen molar-refractivity contribution >= 4 is 17.5 Å². The van der Waals surface area contributed by atoms with E-state index in [-0.39, 0.29) is 24.2 Å². The first-order valence-corrected chi connectivity index (χ1v) is 10.0. The number of benzene rings is 1. The van der Waals surface area contributed by atoms with E-state index in [9.17, 15) is 14.0 Å². The normalized spacial score (nSPS) is 26.8. The molecule has 1 aromatic rings. The van der Waals surface area contributed by atoms with Gasteiger partial charge in [-0.1, -0.05) is 12.8 Å². The van der Waals surface area contributed by atoms with Gasteiger partial charge in [-0.2, -0.15) is 0 Å². The lowest BCUT2D eigenvalue weighted by molar-refractivity contribution is -0.153. The number of ether oxygens (including phenoxy) is 1. The van der Waals surface area contributed by atoms with Crippen LogP contribution in [-0.4, -0.2) is 48.6 Å². The molecule has 2 saturated heterocycles.